The van der Waals surface area contributed by atoms with Crippen molar-refractivity contribution in [3.8, 4) is 0 Å². The van der Waals surface area contributed by atoms with Gasteiger partial charge in [-0.05, 0) is 31.9 Å². The highest BCUT2D eigenvalue weighted by molar-refractivity contribution is 7.99. The first-order valence-corrected chi connectivity index (χ1v) is 7.61. The molecule has 0 radical (unpaired) electrons. The van der Waals surface area contributed by atoms with E-state index in [9.17, 15) is 0 Å². The number of nitrogens with two attached hydrogens (primary N) is 1. The summed E-state index contributed by atoms with van der Waals surface area (Å²) >= 11 is 2.06. The lowest BCUT2D eigenvalue weighted by Gasteiger charge is -2.44. The van der Waals surface area contributed by atoms with Crippen molar-refractivity contribution in [1.82, 2.24) is 4.90 Å². The van der Waals surface area contributed by atoms with E-state index in [1.54, 1.807) is 0 Å². The van der Waals surface area contributed by atoms with Crippen LogP contribution in [-0.4, -0.2) is 54.3 Å². The third-order valence-corrected chi connectivity index (χ3v) is 5.21. The Kier molecular flexibility index (Phi) is 4.53. The second-order valence-corrected chi connectivity index (χ2v) is 5.98. The molecule has 2 aliphatic rings. The summed E-state index contributed by atoms with van der Waals surface area (Å²) in [6.45, 7) is 6.09. The Morgan fingerprint density at radius 3 is 2.69 bits per heavy atom. The van der Waals surface area contributed by atoms with Crippen LogP contribution >= 0.6 is 11.8 Å². The SMILES string of the molecule is CCOC1CCN(C2(CN)CCSC2)CC1. The maximum absolute atomic E-state index is 6.01. The van der Waals surface area contributed by atoms with E-state index in [2.05, 4.69) is 23.6 Å². The first-order valence-electron chi connectivity index (χ1n) is 6.45. The molecule has 0 aromatic carbocycles. The number of hydrogen-bond acceptors (Lipinski definition) is 4. The largest absolute Gasteiger partial charge is 0.378 e. The van der Waals surface area contributed by atoms with Crippen LogP contribution in [0.2, 0.25) is 0 Å². The van der Waals surface area contributed by atoms with Gasteiger partial charge in [0.05, 0.1) is 6.10 Å². The molecule has 0 aromatic rings. The Morgan fingerprint density at radius 2 is 2.19 bits per heavy atom. The maximum atomic E-state index is 6.01. The van der Waals surface area contributed by atoms with Crippen molar-refractivity contribution in [2.24, 2.45) is 5.73 Å². The highest BCUT2D eigenvalue weighted by Gasteiger charge is 2.40. The maximum Gasteiger partial charge on any atom is 0.0599 e. The normalized spacial score (nSPS) is 33.4. The summed E-state index contributed by atoms with van der Waals surface area (Å²) in [5.74, 6) is 2.51. The average molecular weight is 244 g/mol. The number of likely N-dealkylation sites (tertiary alicyclic amines) is 1. The second-order valence-electron chi connectivity index (χ2n) is 4.87. The molecule has 0 aliphatic carbocycles. The Hall–Kier alpha value is 0.230. The van der Waals surface area contributed by atoms with Crippen LogP contribution in [0, 0.1) is 0 Å². The minimum Gasteiger partial charge on any atom is -0.378 e. The fraction of sp³-hybridized carbons (Fsp3) is 1.00. The van der Waals surface area contributed by atoms with Crippen molar-refractivity contribution in [1.29, 1.82) is 0 Å². The van der Waals surface area contributed by atoms with Crippen LogP contribution in [-0.2, 0) is 4.74 Å². The zero-order valence-corrected chi connectivity index (χ0v) is 11.1. The van der Waals surface area contributed by atoms with Crippen LogP contribution in [0.5, 0.6) is 0 Å². The summed E-state index contributed by atoms with van der Waals surface area (Å²) in [5, 5.41) is 0. The third-order valence-electron chi connectivity index (χ3n) is 3.98. The van der Waals surface area contributed by atoms with Gasteiger partial charge in [0, 0.05) is 37.5 Å². The zero-order chi connectivity index (χ0) is 11.4. The summed E-state index contributed by atoms with van der Waals surface area (Å²) in [6.07, 6.45) is 4.12. The van der Waals surface area contributed by atoms with Gasteiger partial charge in [-0.1, -0.05) is 0 Å². The molecule has 2 saturated heterocycles. The van der Waals surface area contributed by atoms with Crippen LogP contribution in [0.15, 0.2) is 0 Å². The van der Waals surface area contributed by atoms with E-state index in [0.29, 0.717) is 11.6 Å². The lowest BCUT2D eigenvalue weighted by Crippen LogP contribution is -2.57. The standard InChI is InChI=1S/C12H24N2OS/c1-2-15-11-3-6-14(7-4-11)12(9-13)5-8-16-10-12/h11H,2-10,13H2,1H3. The molecule has 2 fully saturated rings. The Labute approximate surface area is 103 Å². The second kappa shape index (κ2) is 5.71. The van der Waals surface area contributed by atoms with Gasteiger partial charge in [0.2, 0.25) is 0 Å². The van der Waals surface area contributed by atoms with Gasteiger partial charge in [-0.25, -0.2) is 0 Å². The summed E-state index contributed by atoms with van der Waals surface area (Å²) < 4.78 is 5.70. The topological polar surface area (TPSA) is 38.5 Å². The van der Waals surface area contributed by atoms with Gasteiger partial charge in [0.25, 0.3) is 0 Å². The summed E-state index contributed by atoms with van der Waals surface area (Å²) in [5.41, 5.74) is 6.31. The van der Waals surface area contributed by atoms with Crippen LogP contribution in [0.3, 0.4) is 0 Å². The first kappa shape index (κ1) is 12.7. The number of thioether (sulfide) groups is 1. The summed E-state index contributed by atoms with van der Waals surface area (Å²) in [4.78, 5) is 2.63. The quantitative estimate of drug-likeness (QED) is 0.809. The molecule has 0 amide bonds. The molecule has 2 N–H and O–H groups in total. The van der Waals surface area contributed by atoms with Crippen molar-refractivity contribution in [2.45, 2.75) is 37.8 Å². The van der Waals surface area contributed by atoms with E-state index in [0.717, 1.165) is 13.2 Å². The molecule has 1 unspecified atom stereocenters. The molecular weight excluding hydrogens is 220 g/mol. The van der Waals surface area contributed by atoms with Crippen molar-refractivity contribution >= 4 is 11.8 Å². The minimum atomic E-state index is 0.307. The predicted molar refractivity (Wildman–Crippen MR) is 69.9 cm³/mol. The smallest absolute Gasteiger partial charge is 0.0599 e. The third kappa shape index (κ3) is 2.55. The van der Waals surface area contributed by atoms with Gasteiger partial charge in [-0.3, -0.25) is 4.90 Å². The lowest BCUT2D eigenvalue weighted by molar-refractivity contribution is -0.0120. The number of piperidine rings is 1. The zero-order valence-electron chi connectivity index (χ0n) is 10.3. The Balaban J connectivity index is 1.87. The van der Waals surface area contributed by atoms with E-state index in [-0.39, 0.29) is 0 Å². The van der Waals surface area contributed by atoms with Crippen molar-refractivity contribution in [2.75, 3.05) is 37.7 Å². The summed E-state index contributed by atoms with van der Waals surface area (Å²) in [6, 6.07) is 0. The Bertz CT molecular complexity index is 211. The van der Waals surface area contributed by atoms with E-state index < -0.39 is 0 Å². The van der Waals surface area contributed by atoms with Gasteiger partial charge >= 0.3 is 0 Å². The molecule has 2 rings (SSSR count). The molecule has 0 saturated carbocycles. The molecule has 0 aromatic heterocycles. The van der Waals surface area contributed by atoms with E-state index >= 15 is 0 Å². The highest BCUT2D eigenvalue weighted by Crippen LogP contribution is 2.34. The Morgan fingerprint density at radius 1 is 1.44 bits per heavy atom. The lowest BCUT2D eigenvalue weighted by atomic mass is 9.93. The van der Waals surface area contributed by atoms with Crippen molar-refractivity contribution in [3.05, 3.63) is 0 Å². The van der Waals surface area contributed by atoms with Gasteiger partial charge in [-0.15, -0.1) is 0 Å². The molecule has 2 aliphatic heterocycles. The molecule has 94 valence electrons. The van der Waals surface area contributed by atoms with Crippen molar-refractivity contribution < 1.29 is 4.74 Å². The van der Waals surface area contributed by atoms with Crippen LogP contribution < -0.4 is 5.73 Å². The minimum absolute atomic E-state index is 0.307. The molecular formula is C12H24N2OS. The molecule has 16 heavy (non-hydrogen) atoms. The fourth-order valence-corrected chi connectivity index (χ4v) is 4.36. The molecule has 0 spiro atoms. The number of hydrogen-bond donors (Lipinski definition) is 1. The van der Waals surface area contributed by atoms with Crippen LogP contribution in [0.4, 0.5) is 0 Å². The monoisotopic (exact) mass is 244 g/mol. The molecule has 1 atom stereocenters. The molecule has 4 heteroatoms. The predicted octanol–water partition coefficient (Wildman–Crippen LogP) is 1.32. The first-order chi connectivity index (χ1) is 7.80. The van der Waals surface area contributed by atoms with E-state index in [4.69, 9.17) is 10.5 Å². The molecule has 0 bridgehead atoms. The van der Waals surface area contributed by atoms with E-state index in [1.807, 2.05) is 0 Å². The van der Waals surface area contributed by atoms with Crippen LogP contribution in [0.1, 0.15) is 26.2 Å². The van der Waals surface area contributed by atoms with Gasteiger partial charge in [-0.2, -0.15) is 11.8 Å². The van der Waals surface area contributed by atoms with E-state index in [1.165, 1.54) is 43.9 Å². The fourth-order valence-electron chi connectivity index (χ4n) is 2.87. The van der Waals surface area contributed by atoms with Crippen molar-refractivity contribution in [3.63, 3.8) is 0 Å². The summed E-state index contributed by atoms with van der Waals surface area (Å²) in [7, 11) is 0. The number of ether oxygens (including phenoxy) is 1. The highest BCUT2D eigenvalue weighted by atomic mass is 32.2. The number of rotatable bonds is 4. The van der Waals surface area contributed by atoms with Gasteiger partial charge in [0.1, 0.15) is 0 Å². The van der Waals surface area contributed by atoms with Gasteiger partial charge in [0.15, 0.2) is 0 Å². The number of nitrogens with zero attached hydrogens (tertiary/aromatic N) is 1. The average Bonchev–Trinajstić information content (AvgIpc) is 2.80. The molecule has 3 nitrogen and oxygen atoms in total. The molecule has 2 heterocycles. The van der Waals surface area contributed by atoms with Crippen LogP contribution in [0.25, 0.3) is 0 Å². The van der Waals surface area contributed by atoms with Gasteiger partial charge < -0.3 is 10.5 Å².